The van der Waals surface area contributed by atoms with Crippen molar-refractivity contribution < 1.29 is 37.0 Å². The third-order valence-electron chi connectivity index (χ3n) is 7.85. The van der Waals surface area contributed by atoms with Crippen LogP contribution in [0.3, 0.4) is 0 Å². The first-order valence-electron chi connectivity index (χ1n) is 12.9. The van der Waals surface area contributed by atoms with E-state index in [1.54, 1.807) is 0 Å². The molecule has 2 aliphatic rings. The number of halogens is 5. The molecule has 1 aliphatic carbocycles. The Morgan fingerprint density at radius 2 is 1.86 bits per heavy atom. The molecular weight excluding hydrogens is 614 g/mol. The normalized spacial score (nSPS) is 19.5. The summed E-state index contributed by atoms with van der Waals surface area (Å²) in [4.78, 5) is 34.0. The number of hydrogen-bond donors (Lipinski definition) is 4. The van der Waals surface area contributed by atoms with E-state index in [1.807, 2.05) is 0 Å². The van der Waals surface area contributed by atoms with Crippen LogP contribution in [0.2, 0.25) is 5.02 Å². The summed E-state index contributed by atoms with van der Waals surface area (Å²) in [6.45, 7) is -1.58. The zero-order valence-electron chi connectivity index (χ0n) is 22.0. The molecule has 0 radical (unpaired) electrons. The second-order valence-corrected chi connectivity index (χ2v) is 12.0. The van der Waals surface area contributed by atoms with Gasteiger partial charge in [0.1, 0.15) is 34.8 Å². The fourth-order valence-corrected chi connectivity index (χ4v) is 6.51. The number of nitrogens with two attached hydrogens (primary N) is 2. The van der Waals surface area contributed by atoms with Crippen molar-refractivity contribution in [1.29, 1.82) is 0 Å². The Kier molecular flexibility index (Phi) is 6.78. The molecule has 9 nitrogen and oxygen atoms in total. The van der Waals surface area contributed by atoms with Gasteiger partial charge in [-0.2, -0.15) is 13.2 Å². The maximum Gasteiger partial charge on any atom is 0.424 e. The Hall–Kier alpha value is -4.01. The Labute approximate surface area is 249 Å². The number of alkyl halides is 3. The van der Waals surface area contributed by atoms with Crippen molar-refractivity contribution >= 4 is 50.1 Å². The van der Waals surface area contributed by atoms with E-state index in [2.05, 4.69) is 15.3 Å². The fraction of sp³-hybridized carbons (Fsp3) is 0.286. The Morgan fingerprint density at radius 1 is 1.16 bits per heavy atom. The van der Waals surface area contributed by atoms with Crippen LogP contribution < -0.4 is 21.5 Å². The molecule has 43 heavy (non-hydrogen) atoms. The van der Waals surface area contributed by atoms with E-state index < -0.39 is 47.1 Å². The van der Waals surface area contributed by atoms with Crippen LogP contribution in [-0.2, 0) is 15.8 Å². The van der Waals surface area contributed by atoms with Crippen LogP contribution in [0.4, 0.5) is 22.7 Å². The first kappa shape index (κ1) is 29.1. The lowest BCUT2D eigenvalue weighted by atomic mass is 9.76. The number of nitrogens with zero attached hydrogens (tertiary/aromatic N) is 2. The Morgan fingerprint density at radius 3 is 2.49 bits per heavy atom. The largest absolute Gasteiger partial charge is 0.489 e. The molecular formula is C28H22ClF4N5O4S. The number of hydrogen-bond acceptors (Lipinski definition) is 8. The number of carbonyl (C=O) groups is 2. The summed E-state index contributed by atoms with van der Waals surface area (Å²) in [5.74, 6) is -2.64. The number of primary amides is 1. The summed E-state index contributed by atoms with van der Waals surface area (Å²) in [5, 5.41) is 13.7. The molecule has 2 amide bonds. The number of nitrogens with one attached hydrogen (secondary N) is 1. The summed E-state index contributed by atoms with van der Waals surface area (Å²) >= 11 is 7.23. The van der Waals surface area contributed by atoms with Crippen LogP contribution in [0.15, 0.2) is 42.5 Å². The van der Waals surface area contributed by atoms with Crippen LogP contribution in [-0.4, -0.2) is 46.2 Å². The Bertz CT molecular complexity index is 1800. The van der Waals surface area contributed by atoms with E-state index in [9.17, 15) is 32.3 Å². The molecule has 2 aromatic carbocycles. The van der Waals surface area contributed by atoms with Gasteiger partial charge < -0.3 is 26.6 Å². The van der Waals surface area contributed by atoms with Crippen molar-refractivity contribution in [1.82, 2.24) is 15.3 Å². The molecule has 6 rings (SSSR count). The monoisotopic (exact) mass is 635 g/mol. The number of ether oxygens (including phenoxy) is 1. The number of rotatable bonds is 7. The molecule has 1 saturated carbocycles. The van der Waals surface area contributed by atoms with E-state index in [0.717, 1.165) is 29.5 Å². The maximum atomic E-state index is 14.7. The highest BCUT2D eigenvalue weighted by molar-refractivity contribution is 7.22. The van der Waals surface area contributed by atoms with Gasteiger partial charge in [-0.15, -0.1) is 0 Å². The number of fused-ring (bicyclic) bond motifs is 2. The first-order chi connectivity index (χ1) is 20.2. The van der Waals surface area contributed by atoms with E-state index in [1.165, 1.54) is 24.3 Å². The van der Waals surface area contributed by atoms with Crippen molar-refractivity contribution in [3.63, 3.8) is 0 Å². The number of aliphatic hydroxyl groups is 1. The zero-order chi connectivity index (χ0) is 30.9. The van der Waals surface area contributed by atoms with Crippen LogP contribution in [0, 0.1) is 11.7 Å². The van der Waals surface area contributed by atoms with Crippen LogP contribution >= 0.6 is 22.9 Å². The summed E-state index contributed by atoms with van der Waals surface area (Å²) in [5.41, 5.74) is 5.73. The molecule has 3 heterocycles. The van der Waals surface area contributed by atoms with E-state index in [4.69, 9.17) is 27.8 Å². The zero-order valence-corrected chi connectivity index (χ0v) is 23.5. The molecule has 6 N–H and O–H groups in total. The van der Waals surface area contributed by atoms with Crippen LogP contribution in [0.1, 0.15) is 34.5 Å². The van der Waals surface area contributed by atoms with Gasteiger partial charge in [-0.05, 0) is 61.2 Å². The summed E-state index contributed by atoms with van der Waals surface area (Å²) in [7, 11) is 0. The molecule has 0 bridgehead atoms. The number of amides is 2. The van der Waals surface area contributed by atoms with Gasteiger partial charge in [-0.3, -0.25) is 9.59 Å². The number of pyridine rings is 1. The van der Waals surface area contributed by atoms with E-state index in [0.29, 0.717) is 23.1 Å². The van der Waals surface area contributed by atoms with Gasteiger partial charge >= 0.3 is 6.18 Å². The highest BCUT2D eigenvalue weighted by Gasteiger charge is 2.60. The average molecular weight is 636 g/mol. The van der Waals surface area contributed by atoms with Crippen molar-refractivity contribution in [2.45, 2.75) is 30.0 Å². The standard InChI is InChI=1S/C28H22ClF4N5O4S/c29-17-7-13(8-18-21(17)38-25(35)43-18)23(39)36-10-27(41,28(31,32)33)19-9-16-22(20(37-19)12-1-5-15(30)6-2-12)42-11-26(16,24(34)40)14-3-4-14/h1-2,5-9,14,41H,3-4,10-11H2,(H2,34,40)(H2,35,38)(H,36,39)/t26-,27+/m1/s1. The van der Waals surface area contributed by atoms with Crippen molar-refractivity contribution in [2.75, 3.05) is 18.9 Å². The predicted molar refractivity (Wildman–Crippen MR) is 150 cm³/mol. The number of aromatic nitrogens is 2. The summed E-state index contributed by atoms with van der Waals surface area (Å²) < 4.78 is 64.2. The number of benzene rings is 2. The topological polar surface area (TPSA) is 153 Å². The minimum absolute atomic E-state index is 0.0152. The average Bonchev–Trinajstić information content (AvgIpc) is 3.61. The number of nitrogen functional groups attached to an aromatic ring is 1. The number of carbonyl (C=O) groups excluding carboxylic acids is 2. The second-order valence-electron chi connectivity index (χ2n) is 10.5. The number of thiazole rings is 1. The van der Waals surface area contributed by atoms with Crippen molar-refractivity contribution in [3.05, 3.63) is 70.1 Å². The van der Waals surface area contributed by atoms with Gasteiger partial charge in [0.25, 0.3) is 5.91 Å². The van der Waals surface area contributed by atoms with Gasteiger partial charge in [-0.1, -0.05) is 22.9 Å². The lowest BCUT2D eigenvalue weighted by Gasteiger charge is -2.32. The predicted octanol–water partition coefficient (Wildman–Crippen LogP) is 4.44. The van der Waals surface area contributed by atoms with Crippen molar-refractivity contribution in [2.24, 2.45) is 11.7 Å². The van der Waals surface area contributed by atoms with E-state index >= 15 is 0 Å². The molecule has 2 atom stereocenters. The van der Waals surface area contributed by atoms with Gasteiger partial charge in [0.15, 0.2) is 5.13 Å². The number of anilines is 1. The molecule has 4 aromatic rings. The third kappa shape index (κ3) is 4.73. The van der Waals surface area contributed by atoms with Crippen LogP contribution in [0.25, 0.3) is 21.5 Å². The Balaban J connectivity index is 1.45. The third-order valence-corrected chi connectivity index (χ3v) is 8.97. The fourth-order valence-electron chi connectivity index (χ4n) is 5.39. The quantitative estimate of drug-likeness (QED) is 0.219. The summed E-state index contributed by atoms with van der Waals surface area (Å²) in [6.07, 6.45) is -4.18. The minimum atomic E-state index is -5.36. The van der Waals surface area contributed by atoms with Gasteiger partial charge in [0.2, 0.25) is 11.5 Å². The highest BCUT2D eigenvalue weighted by Crippen LogP contribution is 2.56. The highest BCUT2D eigenvalue weighted by atomic mass is 35.5. The SMILES string of the molecule is NC(=O)[C@@]1(C2CC2)COc2c1cc([C@@](O)(CNC(=O)c1cc(Cl)c3nc(N)sc3c1)C(F)(F)F)nc2-c1ccc(F)cc1. The van der Waals surface area contributed by atoms with E-state index in [-0.39, 0.29) is 50.8 Å². The molecule has 2 aromatic heterocycles. The van der Waals surface area contributed by atoms with Crippen LogP contribution in [0.5, 0.6) is 5.75 Å². The van der Waals surface area contributed by atoms with Crippen molar-refractivity contribution in [3.8, 4) is 17.0 Å². The molecule has 15 heteroatoms. The van der Waals surface area contributed by atoms with Gasteiger partial charge in [-0.25, -0.2) is 14.4 Å². The van der Waals surface area contributed by atoms with Gasteiger partial charge in [0.05, 0.1) is 22.0 Å². The molecule has 0 unspecified atom stereocenters. The smallest absolute Gasteiger partial charge is 0.424 e. The molecule has 0 spiro atoms. The lowest BCUT2D eigenvalue weighted by molar-refractivity contribution is -0.265. The molecule has 1 fully saturated rings. The maximum absolute atomic E-state index is 14.7. The first-order valence-corrected chi connectivity index (χ1v) is 14.1. The molecule has 1 aliphatic heterocycles. The minimum Gasteiger partial charge on any atom is -0.489 e. The second kappa shape index (κ2) is 10.0. The lowest BCUT2D eigenvalue weighted by Crippen LogP contribution is -2.52. The molecule has 224 valence electrons. The summed E-state index contributed by atoms with van der Waals surface area (Å²) in [6, 6.07) is 8.29. The molecule has 0 saturated heterocycles. The van der Waals surface area contributed by atoms with Gasteiger partial charge in [0, 0.05) is 16.7 Å².